The van der Waals surface area contributed by atoms with Gasteiger partial charge in [0, 0.05) is 32.7 Å². The van der Waals surface area contributed by atoms with Crippen molar-refractivity contribution in [3.8, 4) is 0 Å². The van der Waals surface area contributed by atoms with Gasteiger partial charge in [0.05, 0.1) is 0 Å². The van der Waals surface area contributed by atoms with Crippen molar-refractivity contribution < 1.29 is 13.2 Å². The Morgan fingerprint density at radius 3 is 2.32 bits per heavy atom. The fourth-order valence-corrected chi connectivity index (χ4v) is 4.46. The van der Waals surface area contributed by atoms with Crippen LogP contribution >= 0.6 is 0 Å². The van der Waals surface area contributed by atoms with Gasteiger partial charge in [-0.05, 0) is 12.8 Å². The van der Waals surface area contributed by atoms with Crippen molar-refractivity contribution in [2.45, 2.75) is 31.7 Å². The molecular weight excluding hydrogens is 268 g/mol. The van der Waals surface area contributed by atoms with Crippen molar-refractivity contribution in [3.05, 3.63) is 0 Å². The molecule has 1 unspecified atom stereocenters. The number of hydrogen-bond acceptors (Lipinski definition) is 4. The molecule has 0 aromatic rings. The molecule has 0 saturated carbocycles. The summed E-state index contributed by atoms with van der Waals surface area (Å²) in [6.45, 7) is 2.22. The Morgan fingerprint density at radius 1 is 1.11 bits per heavy atom. The lowest BCUT2D eigenvalue weighted by molar-refractivity contribution is -0.122. The smallest absolute Gasteiger partial charge is 0.282 e. The van der Waals surface area contributed by atoms with Crippen LogP contribution in [-0.2, 0) is 15.0 Å². The van der Waals surface area contributed by atoms with E-state index in [-0.39, 0.29) is 0 Å². The zero-order valence-corrected chi connectivity index (χ0v) is 11.9. The monoisotopic (exact) mass is 290 g/mol. The van der Waals surface area contributed by atoms with E-state index in [0.29, 0.717) is 32.7 Å². The van der Waals surface area contributed by atoms with Crippen molar-refractivity contribution in [1.29, 1.82) is 0 Å². The molecule has 2 fully saturated rings. The number of carbonyl (C=O) groups excluding carboxylic acids is 1. The van der Waals surface area contributed by atoms with Crippen LogP contribution < -0.4 is 11.1 Å². The second-order valence-corrected chi connectivity index (χ2v) is 6.94. The number of nitrogens with zero attached hydrogens (tertiary/aromatic N) is 2. The Morgan fingerprint density at radius 2 is 1.74 bits per heavy atom. The average Bonchev–Trinajstić information content (AvgIpc) is 2.68. The van der Waals surface area contributed by atoms with Gasteiger partial charge < -0.3 is 11.1 Å². The second-order valence-electron chi connectivity index (χ2n) is 5.05. The van der Waals surface area contributed by atoms with Crippen LogP contribution in [0.5, 0.6) is 0 Å². The third-order valence-electron chi connectivity index (χ3n) is 3.71. The second kappa shape index (κ2) is 6.17. The minimum Gasteiger partial charge on any atom is -0.368 e. The average molecular weight is 290 g/mol. The van der Waals surface area contributed by atoms with Gasteiger partial charge in [-0.25, -0.2) is 0 Å². The van der Waals surface area contributed by atoms with Crippen molar-refractivity contribution in [2.75, 3.05) is 32.7 Å². The maximum absolute atomic E-state index is 12.6. The highest BCUT2D eigenvalue weighted by molar-refractivity contribution is 7.86. The molecule has 19 heavy (non-hydrogen) atoms. The summed E-state index contributed by atoms with van der Waals surface area (Å²) in [5, 5.41) is 3.01. The topological polar surface area (TPSA) is 95.7 Å². The van der Waals surface area contributed by atoms with Gasteiger partial charge in [0.15, 0.2) is 0 Å². The highest BCUT2D eigenvalue weighted by Gasteiger charge is 2.39. The molecule has 2 aliphatic heterocycles. The molecule has 0 aliphatic carbocycles. The van der Waals surface area contributed by atoms with Gasteiger partial charge >= 0.3 is 0 Å². The number of primary amides is 1. The summed E-state index contributed by atoms with van der Waals surface area (Å²) in [5.74, 6) is -0.592. The molecule has 2 heterocycles. The Hall–Kier alpha value is -0.700. The molecule has 0 aromatic heterocycles. The predicted octanol–water partition coefficient (Wildman–Crippen LogP) is -1.13. The van der Waals surface area contributed by atoms with E-state index in [1.165, 1.54) is 8.61 Å². The summed E-state index contributed by atoms with van der Waals surface area (Å²) in [5.41, 5.74) is 5.31. The molecule has 110 valence electrons. The highest BCUT2D eigenvalue weighted by atomic mass is 32.2. The maximum atomic E-state index is 12.6. The van der Waals surface area contributed by atoms with Crippen molar-refractivity contribution in [1.82, 2.24) is 13.9 Å². The number of amides is 1. The van der Waals surface area contributed by atoms with Crippen LogP contribution in [0.2, 0.25) is 0 Å². The predicted molar refractivity (Wildman–Crippen MR) is 71.5 cm³/mol. The molecule has 2 rings (SSSR count). The molecular formula is C11H22N4O3S. The van der Waals surface area contributed by atoms with Gasteiger partial charge in [-0.2, -0.15) is 17.0 Å². The quantitative estimate of drug-likeness (QED) is 0.687. The highest BCUT2D eigenvalue weighted by Crippen LogP contribution is 2.19. The first-order valence-corrected chi connectivity index (χ1v) is 8.20. The van der Waals surface area contributed by atoms with Crippen LogP contribution in [0.1, 0.15) is 25.7 Å². The first kappa shape index (κ1) is 14.7. The van der Waals surface area contributed by atoms with Crippen molar-refractivity contribution in [3.63, 3.8) is 0 Å². The fraction of sp³-hybridized carbons (Fsp3) is 0.909. The molecule has 1 atom stereocenters. The standard InChI is InChI=1S/C11H22N4O3S/c12-11(16)10-9-13-5-8-15(10)19(17,18)14-6-3-1-2-4-7-14/h10,13H,1-9H2,(H2,12,16). The van der Waals surface area contributed by atoms with Crippen LogP contribution in [0.25, 0.3) is 0 Å². The van der Waals surface area contributed by atoms with E-state index < -0.39 is 22.2 Å². The SMILES string of the molecule is NC(=O)C1CNCCN1S(=O)(=O)N1CCCCCC1. The van der Waals surface area contributed by atoms with Crippen molar-refractivity contribution in [2.24, 2.45) is 5.73 Å². The largest absolute Gasteiger partial charge is 0.368 e. The van der Waals surface area contributed by atoms with E-state index in [4.69, 9.17) is 5.73 Å². The van der Waals surface area contributed by atoms with Gasteiger partial charge in [0.1, 0.15) is 6.04 Å². The number of nitrogens with one attached hydrogen (secondary N) is 1. The summed E-state index contributed by atoms with van der Waals surface area (Å²) < 4.78 is 28.0. The number of piperazine rings is 1. The minimum atomic E-state index is -3.58. The number of carbonyl (C=O) groups is 1. The summed E-state index contributed by atoms with van der Waals surface area (Å²) >= 11 is 0. The summed E-state index contributed by atoms with van der Waals surface area (Å²) in [6.07, 6.45) is 3.89. The normalized spacial score (nSPS) is 27.9. The fourth-order valence-electron chi connectivity index (χ4n) is 2.63. The molecule has 0 bridgehead atoms. The van der Waals surface area contributed by atoms with Crippen LogP contribution in [0, 0.1) is 0 Å². The molecule has 2 aliphatic rings. The molecule has 2 saturated heterocycles. The lowest BCUT2D eigenvalue weighted by Crippen LogP contribution is -2.61. The molecule has 7 nitrogen and oxygen atoms in total. The third kappa shape index (κ3) is 3.25. The van der Waals surface area contributed by atoms with Crippen molar-refractivity contribution >= 4 is 16.1 Å². The molecule has 0 radical (unpaired) electrons. The van der Waals surface area contributed by atoms with Crippen LogP contribution in [-0.4, -0.2) is 61.7 Å². The van der Waals surface area contributed by atoms with Gasteiger partial charge in [-0.1, -0.05) is 12.8 Å². The van der Waals surface area contributed by atoms with E-state index in [9.17, 15) is 13.2 Å². The molecule has 1 amide bonds. The molecule has 0 aromatic carbocycles. The summed E-state index contributed by atoms with van der Waals surface area (Å²) in [6, 6.07) is -0.776. The van der Waals surface area contributed by atoms with Gasteiger partial charge in [-0.3, -0.25) is 4.79 Å². The van der Waals surface area contributed by atoms with E-state index in [2.05, 4.69) is 5.32 Å². The van der Waals surface area contributed by atoms with E-state index >= 15 is 0 Å². The number of rotatable bonds is 3. The third-order valence-corrected chi connectivity index (χ3v) is 5.76. The Kier molecular flexibility index (Phi) is 4.77. The Labute approximate surface area is 114 Å². The van der Waals surface area contributed by atoms with Crippen LogP contribution in [0.4, 0.5) is 0 Å². The molecule has 8 heteroatoms. The minimum absolute atomic E-state index is 0.294. The lowest BCUT2D eigenvalue weighted by atomic mass is 10.2. The molecule has 0 spiro atoms. The zero-order valence-electron chi connectivity index (χ0n) is 11.0. The van der Waals surface area contributed by atoms with Gasteiger partial charge in [0.2, 0.25) is 5.91 Å². The summed E-state index contributed by atoms with van der Waals surface area (Å²) in [7, 11) is -3.58. The van der Waals surface area contributed by atoms with Gasteiger partial charge in [0.25, 0.3) is 10.2 Å². The number of nitrogens with two attached hydrogens (primary N) is 1. The van der Waals surface area contributed by atoms with Crippen LogP contribution in [0.15, 0.2) is 0 Å². The Bertz CT molecular complexity index is 418. The van der Waals surface area contributed by atoms with E-state index in [1.54, 1.807) is 0 Å². The van der Waals surface area contributed by atoms with E-state index in [1.807, 2.05) is 0 Å². The first-order chi connectivity index (χ1) is 9.03. The number of hydrogen-bond donors (Lipinski definition) is 2. The zero-order chi connectivity index (χ0) is 13.9. The lowest BCUT2D eigenvalue weighted by Gasteiger charge is -2.36. The Balaban J connectivity index is 2.18. The summed E-state index contributed by atoms with van der Waals surface area (Å²) in [4.78, 5) is 11.4. The van der Waals surface area contributed by atoms with Crippen LogP contribution in [0.3, 0.4) is 0 Å². The first-order valence-electron chi connectivity index (χ1n) is 6.80. The maximum Gasteiger partial charge on any atom is 0.282 e. The van der Waals surface area contributed by atoms with E-state index in [0.717, 1.165) is 25.7 Å². The molecule has 3 N–H and O–H groups in total. The van der Waals surface area contributed by atoms with Gasteiger partial charge in [-0.15, -0.1) is 0 Å².